The van der Waals surface area contributed by atoms with Crippen molar-refractivity contribution in [2.75, 3.05) is 18.0 Å². The van der Waals surface area contributed by atoms with Gasteiger partial charge in [-0.05, 0) is 50.5 Å². The quantitative estimate of drug-likeness (QED) is 0.870. The van der Waals surface area contributed by atoms with Gasteiger partial charge in [0.25, 0.3) is 0 Å². The summed E-state index contributed by atoms with van der Waals surface area (Å²) in [4.78, 5) is 21.6. The molecule has 0 bridgehead atoms. The van der Waals surface area contributed by atoms with Gasteiger partial charge in [-0.25, -0.2) is 9.97 Å². The van der Waals surface area contributed by atoms with Crippen molar-refractivity contribution in [2.24, 2.45) is 11.7 Å². The van der Waals surface area contributed by atoms with E-state index in [2.05, 4.69) is 27.9 Å². The average molecular weight is 316 g/mol. The molecular formula is C18H28N4O. The number of allylic oxidation sites excluding steroid dienone is 2. The van der Waals surface area contributed by atoms with Crippen LogP contribution in [0.2, 0.25) is 0 Å². The van der Waals surface area contributed by atoms with Crippen LogP contribution in [0.15, 0.2) is 24.5 Å². The molecule has 1 aromatic heterocycles. The van der Waals surface area contributed by atoms with E-state index < -0.39 is 0 Å². The molecule has 1 aliphatic carbocycles. The van der Waals surface area contributed by atoms with Crippen LogP contribution in [0.25, 0.3) is 0 Å². The van der Waals surface area contributed by atoms with Gasteiger partial charge in [0, 0.05) is 31.4 Å². The standard InChI is InChI=1S/C11H17N3.C7H11NO/c1-2-10-8-12-11(13-9-10)14-6-4-3-5-7-14;8-7(9)6-4-2-1-3-5-6/h8-9H,2-7H2,1H3;1-2,6H,3-5H2,(H2,8,9). The third-order valence-corrected chi connectivity index (χ3v) is 4.41. The maximum absolute atomic E-state index is 10.5. The van der Waals surface area contributed by atoms with Crippen LogP contribution in [0.1, 0.15) is 51.0 Å². The largest absolute Gasteiger partial charge is 0.369 e. The number of hydrogen-bond acceptors (Lipinski definition) is 4. The third kappa shape index (κ3) is 5.66. The first-order chi connectivity index (χ1) is 11.2. The topological polar surface area (TPSA) is 72.1 Å². The fraction of sp³-hybridized carbons (Fsp3) is 0.611. The third-order valence-electron chi connectivity index (χ3n) is 4.41. The van der Waals surface area contributed by atoms with Gasteiger partial charge in [-0.15, -0.1) is 0 Å². The molecule has 1 fully saturated rings. The van der Waals surface area contributed by atoms with Crippen molar-refractivity contribution in [3.63, 3.8) is 0 Å². The normalized spacial score (nSPS) is 20.6. The Labute approximate surface area is 139 Å². The van der Waals surface area contributed by atoms with E-state index in [1.165, 1.54) is 24.8 Å². The van der Waals surface area contributed by atoms with Crippen LogP contribution < -0.4 is 10.6 Å². The molecule has 2 aliphatic rings. The minimum Gasteiger partial charge on any atom is -0.369 e. The first-order valence-corrected chi connectivity index (χ1v) is 8.71. The Hall–Kier alpha value is -1.91. The highest BCUT2D eigenvalue weighted by molar-refractivity contribution is 5.76. The van der Waals surface area contributed by atoms with E-state index in [0.717, 1.165) is 44.7 Å². The zero-order valence-corrected chi connectivity index (χ0v) is 14.1. The first-order valence-electron chi connectivity index (χ1n) is 8.71. The van der Waals surface area contributed by atoms with Crippen molar-refractivity contribution in [3.8, 4) is 0 Å². The molecule has 0 aromatic carbocycles. The lowest BCUT2D eigenvalue weighted by Gasteiger charge is -2.26. The highest BCUT2D eigenvalue weighted by Gasteiger charge is 2.14. The highest BCUT2D eigenvalue weighted by atomic mass is 16.1. The van der Waals surface area contributed by atoms with Gasteiger partial charge in [0.2, 0.25) is 11.9 Å². The number of piperidine rings is 1. The Kier molecular flexibility index (Phi) is 7.04. The second kappa shape index (κ2) is 9.28. The van der Waals surface area contributed by atoms with Crippen LogP contribution in [0.3, 0.4) is 0 Å². The Morgan fingerprint density at radius 3 is 2.39 bits per heavy atom. The zero-order valence-electron chi connectivity index (χ0n) is 14.1. The summed E-state index contributed by atoms with van der Waals surface area (Å²) >= 11 is 0. The van der Waals surface area contributed by atoms with E-state index in [-0.39, 0.29) is 11.8 Å². The number of carbonyl (C=O) groups is 1. The monoisotopic (exact) mass is 316 g/mol. The summed E-state index contributed by atoms with van der Waals surface area (Å²) < 4.78 is 0. The fourth-order valence-electron chi connectivity index (χ4n) is 2.84. The molecule has 23 heavy (non-hydrogen) atoms. The Morgan fingerprint density at radius 1 is 1.22 bits per heavy atom. The smallest absolute Gasteiger partial charge is 0.225 e. The van der Waals surface area contributed by atoms with Crippen molar-refractivity contribution in [1.82, 2.24) is 9.97 Å². The lowest BCUT2D eigenvalue weighted by atomic mass is 9.94. The van der Waals surface area contributed by atoms with Gasteiger partial charge >= 0.3 is 0 Å². The molecule has 0 spiro atoms. The number of rotatable bonds is 3. The molecule has 3 rings (SSSR count). The molecule has 0 saturated carbocycles. The maximum atomic E-state index is 10.5. The second-order valence-corrected chi connectivity index (χ2v) is 6.18. The Morgan fingerprint density at radius 2 is 1.91 bits per heavy atom. The Balaban J connectivity index is 0.000000185. The van der Waals surface area contributed by atoms with E-state index in [1.54, 1.807) is 0 Å². The molecule has 2 N–H and O–H groups in total. The number of nitrogens with zero attached hydrogens (tertiary/aromatic N) is 3. The van der Waals surface area contributed by atoms with Crippen LogP contribution in [0.5, 0.6) is 0 Å². The van der Waals surface area contributed by atoms with E-state index >= 15 is 0 Å². The lowest BCUT2D eigenvalue weighted by molar-refractivity contribution is -0.121. The molecular weight excluding hydrogens is 288 g/mol. The summed E-state index contributed by atoms with van der Waals surface area (Å²) in [6, 6.07) is 0. The van der Waals surface area contributed by atoms with Crippen LogP contribution in [0, 0.1) is 5.92 Å². The highest BCUT2D eigenvalue weighted by Crippen LogP contribution is 2.17. The molecule has 1 aromatic rings. The number of carbonyl (C=O) groups excluding carboxylic acids is 1. The van der Waals surface area contributed by atoms with E-state index in [4.69, 9.17) is 5.73 Å². The number of aryl methyl sites for hydroxylation is 1. The number of hydrogen-bond donors (Lipinski definition) is 1. The number of primary amides is 1. The predicted octanol–water partition coefficient (Wildman–Crippen LogP) is 2.86. The molecule has 1 aliphatic heterocycles. The van der Waals surface area contributed by atoms with Gasteiger partial charge < -0.3 is 10.6 Å². The SMILES string of the molecule is CCc1cnc(N2CCCCC2)nc1.NC(=O)C1CC=CCC1. The number of nitrogens with two attached hydrogens (primary N) is 1. The summed E-state index contributed by atoms with van der Waals surface area (Å²) in [5.41, 5.74) is 6.31. The molecule has 1 atom stereocenters. The van der Waals surface area contributed by atoms with Gasteiger partial charge in [0.15, 0.2) is 0 Å². The molecule has 1 unspecified atom stereocenters. The summed E-state index contributed by atoms with van der Waals surface area (Å²) in [6.07, 6.45) is 15.7. The molecule has 5 heteroatoms. The summed E-state index contributed by atoms with van der Waals surface area (Å²) in [5.74, 6) is 0.858. The minimum absolute atomic E-state index is 0.106. The predicted molar refractivity (Wildman–Crippen MR) is 93.1 cm³/mol. The molecule has 126 valence electrons. The van der Waals surface area contributed by atoms with Crippen molar-refractivity contribution in [2.45, 2.75) is 51.9 Å². The number of aromatic nitrogens is 2. The molecule has 1 amide bonds. The van der Waals surface area contributed by atoms with Gasteiger partial charge in [0.05, 0.1) is 0 Å². The van der Waals surface area contributed by atoms with Crippen LogP contribution in [-0.4, -0.2) is 29.0 Å². The minimum atomic E-state index is -0.153. The van der Waals surface area contributed by atoms with E-state index in [1.807, 2.05) is 18.5 Å². The number of anilines is 1. The van der Waals surface area contributed by atoms with E-state index in [0.29, 0.717) is 0 Å². The fourth-order valence-corrected chi connectivity index (χ4v) is 2.84. The van der Waals surface area contributed by atoms with Crippen LogP contribution >= 0.6 is 0 Å². The maximum Gasteiger partial charge on any atom is 0.225 e. The van der Waals surface area contributed by atoms with Gasteiger partial charge in [-0.2, -0.15) is 0 Å². The van der Waals surface area contributed by atoms with Gasteiger partial charge in [-0.3, -0.25) is 4.79 Å². The van der Waals surface area contributed by atoms with Crippen LogP contribution in [0.4, 0.5) is 5.95 Å². The van der Waals surface area contributed by atoms with E-state index in [9.17, 15) is 4.79 Å². The summed E-state index contributed by atoms with van der Waals surface area (Å²) in [7, 11) is 0. The molecule has 5 nitrogen and oxygen atoms in total. The van der Waals surface area contributed by atoms with Crippen molar-refractivity contribution in [1.29, 1.82) is 0 Å². The lowest BCUT2D eigenvalue weighted by Crippen LogP contribution is -2.30. The van der Waals surface area contributed by atoms with Gasteiger partial charge in [-0.1, -0.05) is 19.1 Å². The molecule has 2 heterocycles. The van der Waals surface area contributed by atoms with Crippen LogP contribution in [-0.2, 0) is 11.2 Å². The average Bonchev–Trinajstić information content (AvgIpc) is 2.64. The second-order valence-electron chi connectivity index (χ2n) is 6.18. The van der Waals surface area contributed by atoms with Gasteiger partial charge in [0.1, 0.15) is 0 Å². The molecule has 1 saturated heterocycles. The number of amides is 1. The van der Waals surface area contributed by atoms with Crippen molar-refractivity contribution < 1.29 is 4.79 Å². The summed E-state index contributed by atoms with van der Waals surface area (Å²) in [6.45, 7) is 4.36. The van der Waals surface area contributed by atoms with Crippen molar-refractivity contribution >= 4 is 11.9 Å². The Bertz CT molecular complexity index is 506. The molecule has 0 radical (unpaired) electrons. The van der Waals surface area contributed by atoms with Crippen molar-refractivity contribution in [3.05, 3.63) is 30.1 Å². The summed E-state index contributed by atoms with van der Waals surface area (Å²) in [5, 5.41) is 0. The zero-order chi connectivity index (χ0) is 16.5. The first kappa shape index (κ1) is 17.4.